The normalized spacial score (nSPS) is 11.4. The van der Waals surface area contributed by atoms with Crippen LogP contribution in [0.15, 0.2) is 53.5 Å². The topological polar surface area (TPSA) is 50.4 Å². The van der Waals surface area contributed by atoms with Crippen molar-refractivity contribution >= 4 is 34.7 Å². The van der Waals surface area contributed by atoms with Crippen LogP contribution >= 0.6 is 23.2 Å². The molecule has 2 aromatic carbocycles. The molecule has 0 saturated carbocycles. The Morgan fingerprint density at radius 3 is 1.89 bits per heavy atom. The van der Waals surface area contributed by atoms with E-state index < -0.39 is 0 Å². The zero-order valence-corrected chi connectivity index (χ0v) is 10.9. The number of aliphatic imine (C=N–C) groups is 1. The second-order valence-corrected chi connectivity index (χ2v) is 4.46. The monoisotopic (exact) mass is 279 g/mol. The first-order valence-electron chi connectivity index (χ1n) is 5.26. The molecule has 0 spiro atoms. The molecule has 0 aliphatic rings. The molecule has 2 rings (SSSR count). The maximum absolute atomic E-state index is 5.83. The Morgan fingerprint density at radius 2 is 1.39 bits per heavy atom. The van der Waals surface area contributed by atoms with E-state index in [1.54, 1.807) is 24.3 Å². The van der Waals surface area contributed by atoms with Crippen LogP contribution < -0.4 is 11.3 Å². The van der Waals surface area contributed by atoms with Gasteiger partial charge in [-0.25, -0.2) is 10.8 Å². The largest absolute Gasteiger partial charge is 0.308 e. The maximum Gasteiger partial charge on any atom is 0.147 e. The number of amidine groups is 1. The predicted octanol–water partition coefficient (Wildman–Crippen LogP) is 3.54. The van der Waals surface area contributed by atoms with Crippen LogP contribution in [0, 0.1) is 0 Å². The lowest BCUT2D eigenvalue weighted by Gasteiger charge is -2.06. The molecule has 0 bridgehead atoms. The highest BCUT2D eigenvalue weighted by molar-refractivity contribution is 6.31. The van der Waals surface area contributed by atoms with Crippen LogP contribution in [0.1, 0.15) is 5.56 Å². The number of nitrogens with two attached hydrogens (primary N) is 1. The van der Waals surface area contributed by atoms with Gasteiger partial charge in [0.15, 0.2) is 0 Å². The molecule has 0 atom stereocenters. The zero-order chi connectivity index (χ0) is 13.0. The van der Waals surface area contributed by atoms with Gasteiger partial charge in [-0.15, -0.1) is 0 Å². The lowest BCUT2D eigenvalue weighted by atomic mass is 10.2. The molecule has 0 saturated heterocycles. The van der Waals surface area contributed by atoms with Crippen molar-refractivity contribution in [1.82, 2.24) is 5.43 Å². The molecule has 3 nitrogen and oxygen atoms in total. The van der Waals surface area contributed by atoms with E-state index in [4.69, 9.17) is 29.0 Å². The minimum atomic E-state index is 0.564. The Bertz CT molecular complexity index is 547. The van der Waals surface area contributed by atoms with Gasteiger partial charge in [-0.1, -0.05) is 23.2 Å². The molecule has 18 heavy (non-hydrogen) atoms. The molecular weight excluding hydrogens is 269 g/mol. The van der Waals surface area contributed by atoms with Crippen LogP contribution in [-0.4, -0.2) is 5.84 Å². The van der Waals surface area contributed by atoms with Gasteiger partial charge in [0.25, 0.3) is 0 Å². The van der Waals surface area contributed by atoms with Crippen LogP contribution in [0.5, 0.6) is 0 Å². The molecule has 0 heterocycles. The maximum atomic E-state index is 5.83. The van der Waals surface area contributed by atoms with E-state index in [0.717, 1.165) is 11.3 Å². The van der Waals surface area contributed by atoms with Gasteiger partial charge in [0.05, 0.1) is 5.69 Å². The number of hydrogen-bond acceptors (Lipinski definition) is 2. The van der Waals surface area contributed by atoms with E-state index in [2.05, 4.69) is 10.4 Å². The van der Waals surface area contributed by atoms with Gasteiger partial charge in [0.2, 0.25) is 0 Å². The molecule has 0 fully saturated rings. The zero-order valence-electron chi connectivity index (χ0n) is 9.40. The van der Waals surface area contributed by atoms with Crippen molar-refractivity contribution in [3.8, 4) is 0 Å². The van der Waals surface area contributed by atoms with Gasteiger partial charge >= 0.3 is 0 Å². The predicted molar refractivity (Wildman–Crippen MR) is 76.4 cm³/mol. The van der Waals surface area contributed by atoms with E-state index in [0.29, 0.717) is 15.9 Å². The molecule has 0 amide bonds. The van der Waals surface area contributed by atoms with Crippen molar-refractivity contribution < 1.29 is 0 Å². The van der Waals surface area contributed by atoms with E-state index >= 15 is 0 Å². The average molecular weight is 280 g/mol. The Kier molecular flexibility index (Phi) is 4.20. The van der Waals surface area contributed by atoms with Gasteiger partial charge in [-0.3, -0.25) is 0 Å². The van der Waals surface area contributed by atoms with Crippen LogP contribution in [0.3, 0.4) is 0 Å². The second-order valence-electron chi connectivity index (χ2n) is 3.59. The summed E-state index contributed by atoms with van der Waals surface area (Å²) in [6, 6.07) is 14.4. The first kappa shape index (κ1) is 12.9. The second kappa shape index (κ2) is 5.87. The quantitative estimate of drug-likeness (QED) is 0.382. The van der Waals surface area contributed by atoms with Gasteiger partial charge in [0.1, 0.15) is 5.84 Å². The molecule has 0 aliphatic heterocycles. The third-order valence-corrected chi connectivity index (χ3v) is 2.83. The summed E-state index contributed by atoms with van der Waals surface area (Å²) in [6.07, 6.45) is 0. The fourth-order valence-corrected chi connectivity index (χ4v) is 1.68. The van der Waals surface area contributed by atoms with Crippen molar-refractivity contribution in [2.45, 2.75) is 0 Å². The fourth-order valence-electron chi connectivity index (χ4n) is 1.43. The van der Waals surface area contributed by atoms with Crippen molar-refractivity contribution in [2.24, 2.45) is 10.8 Å². The van der Waals surface area contributed by atoms with Crippen molar-refractivity contribution in [1.29, 1.82) is 0 Å². The average Bonchev–Trinajstić information content (AvgIpc) is 2.39. The van der Waals surface area contributed by atoms with E-state index in [-0.39, 0.29) is 0 Å². The van der Waals surface area contributed by atoms with Gasteiger partial charge in [-0.05, 0) is 48.5 Å². The number of halogens is 2. The summed E-state index contributed by atoms with van der Waals surface area (Å²) < 4.78 is 0. The Hall–Kier alpha value is -1.55. The molecular formula is C13H11Cl2N3. The van der Waals surface area contributed by atoms with Crippen molar-refractivity contribution in [3.63, 3.8) is 0 Å². The first-order valence-corrected chi connectivity index (χ1v) is 6.01. The third kappa shape index (κ3) is 3.23. The van der Waals surface area contributed by atoms with Crippen LogP contribution in [0.2, 0.25) is 10.0 Å². The third-order valence-electron chi connectivity index (χ3n) is 2.32. The number of nitrogens with zero attached hydrogens (tertiary/aromatic N) is 1. The molecule has 3 N–H and O–H groups in total. The van der Waals surface area contributed by atoms with Gasteiger partial charge in [0, 0.05) is 15.6 Å². The smallest absolute Gasteiger partial charge is 0.147 e. The molecule has 0 aliphatic carbocycles. The highest BCUT2D eigenvalue weighted by atomic mass is 35.5. The number of hydrogen-bond donors (Lipinski definition) is 2. The summed E-state index contributed by atoms with van der Waals surface area (Å²) in [4.78, 5) is 4.40. The molecule has 5 heteroatoms. The summed E-state index contributed by atoms with van der Waals surface area (Å²) >= 11 is 11.6. The molecule has 2 aromatic rings. The van der Waals surface area contributed by atoms with E-state index in [1.807, 2.05) is 24.3 Å². The van der Waals surface area contributed by atoms with Crippen LogP contribution in [-0.2, 0) is 0 Å². The summed E-state index contributed by atoms with van der Waals surface area (Å²) in [5, 5.41) is 1.34. The highest BCUT2D eigenvalue weighted by Gasteiger charge is 2.02. The first-order chi connectivity index (χ1) is 8.69. The highest BCUT2D eigenvalue weighted by Crippen LogP contribution is 2.17. The standard InChI is InChI=1S/C13H11Cl2N3/c14-10-3-1-9(2-4-10)13(18-16)17-12-7-5-11(15)6-8-12/h1-8H,16H2,(H,17,18). The lowest BCUT2D eigenvalue weighted by Crippen LogP contribution is -2.30. The molecule has 0 unspecified atom stereocenters. The van der Waals surface area contributed by atoms with Gasteiger partial charge in [-0.2, -0.15) is 0 Å². The van der Waals surface area contributed by atoms with E-state index in [9.17, 15) is 0 Å². The Labute approximate surface area is 115 Å². The molecule has 0 radical (unpaired) electrons. The number of nitrogens with one attached hydrogen (secondary N) is 1. The number of hydrazine groups is 1. The number of benzene rings is 2. The van der Waals surface area contributed by atoms with E-state index in [1.165, 1.54) is 0 Å². The fraction of sp³-hybridized carbons (Fsp3) is 0. The Balaban J connectivity index is 2.33. The summed E-state index contributed by atoms with van der Waals surface area (Å²) in [5.74, 6) is 6.04. The van der Waals surface area contributed by atoms with Crippen LogP contribution in [0.25, 0.3) is 0 Å². The summed E-state index contributed by atoms with van der Waals surface area (Å²) in [5.41, 5.74) is 4.20. The van der Waals surface area contributed by atoms with Gasteiger partial charge < -0.3 is 5.43 Å². The summed E-state index contributed by atoms with van der Waals surface area (Å²) in [6.45, 7) is 0. The van der Waals surface area contributed by atoms with Crippen molar-refractivity contribution in [3.05, 3.63) is 64.1 Å². The minimum Gasteiger partial charge on any atom is -0.308 e. The molecule has 92 valence electrons. The number of rotatable bonds is 2. The van der Waals surface area contributed by atoms with Crippen LogP contribution in [0.4, 0.5) is 5.69 Å². The molecule has 0 aromatic heterocycles. The lowest BCUT2D eigenvalue weighted by molar-refractivity contribution is 1.02. The minimum absolute atomic E-state index is 0.564. The van der Waals surface area contributed by atoms with Crippen molar-refractivity contribution in [2.75, 3.05) is 0 Å². The SMILES string of the molecule is NNC(=Nc1ccc(Cl)cc1)c1ccc(Cl)cc1. The summed E-state index contributed by atoms with van der Waals surface area (Å²) in [7, 11) is 0. The Morgan fingerprint density at radius 1 is 0.889 bits per heavy atom.